The van der Waals surface area contributed by atoms with Crippen molar-refractivity contribution in [3.05, 3.63) is 42.0 Å². The zero-order chi connectivity index (χ0) is 17.8. The molecule has 1 aromatic carbocycles. The third-order valence-corrected chi connectivity index (χ3v) is 6.49. The monoisotopic (exact) mass is 425 g/mol. The van der Waals surface area contributed by atoms with Gasteiger partial charge >= 0.3 is 0 Å². The summed E-state index contributed by atoms with van der Waals surface area (Å²) in [5, 5.41) is 3.53. The second-order valence-electron chi connectivity index (χ2n) is 8.30. The van der Waals surface area contributed by atoms with Gasteiger partial charge in [0, 0.05) is 32.1 Å². The van der Waals surface area contributed by atoms with Gasteiger partial charge in [-0.1, -0.05) is 42.5 Å². The Kier molecular flexibility index (Phi) is 8.81. The van der Waals surface area contributed by atoms with Gasteiger partial charge in [0.15, 0.2) is 0 Å². The number of nitrogens with one attached hydrogen (secondary N) is 1. The van der Waals surface area contributed by atoms with E-state index in [1.54, 1.807) is 0 Å². The summed E-state index contributed by atoms with van der Waals surface area (Å²) in [5.41, 5.74) is 1.43. The van der Waals surface area contributed by atoms with Crippen LogP contribution < -0.4 is 5.32 Å². The highest BCUT2D eigenvalue weighted by molar-refractivity contribution is 5.85. The second kappa shape index (κ2) is 10.6. The van der Waals surface area contributed by atoms with Gasteiger partial charge in [-0.2, -0.15) is 0 Å². The molecule has 28 heavy (non-hydrogen) atoms. The number of hydrogen-bond donors (Lipinski definition) is 1. The van der Waals surface area contributed by atoms with Gasteiger partial charge in [0.1, 0.15) is 0 Å². The fourth-order valence-electron chi connectivity index (χ4n) is 4.87. The van der Waals surface area contributed by atoms with Gasteiger partial charge < -0.3 is 10.2 Å². The van der Waals surface area contributed by atoms with E-state index in [4.69, 9.17) is 0 Å². The standard InChI is InChI=1S/C22H31N3O.2ClH/c26-21-16-22(10-14-24(15-11-22)20-9-4-12-23-17-20)18-25(21)13-5-8-19-6-2-1-3-7-19;;/h1-3,5-8,20,23H,4,9-18H2;2*1H. The van der Waals surface area contributed by atoms with E-state index in [1.165, 1.54) is 37.8 Å². The van der Waals surface area contributed by atoms with Crippen LogP contribution in [0.5, 0.6) is 0 Å². The molecule has 0 radical (unpaired) electrons. The molecule has 3 aliphatic rings. The fraction of sp³-hybridized carbons (Fsp3) is 0.591. The van der Waals surface area contributed by atoms with Crippen LogP contribution in [-0.4, -0.2) is 61.0 Å². The normalized spacial score (nSPS) is 24.9. The van der Waals surface area contributed by atoms with Crippen molar-refractivity contribution >= 4 is 36.8 Å². The van der Waals surface area contributed by atoms with Crippen LogP contribution in [0.4, 0.5) is 0 Å². The molecule has 4 nitrogen and oxygen atoms in total. The minimum absolute atomic E-state index is 0. The molecule has 4 rings (SSSR count). The van der Waals surface area contributed by atoms with E-state index >= 15 is 0 Å². The third-order valence-electron chi connectivity index (χ3n) is 6.49. The first-order valence-corrected chi connectivity index (χ1v) is 10.2. The predicted octanol–water partition coefficient (Wildman–Crippen LogP) is 3.61. The Labute approximate surface area is 181 Å². The van der Waals surface area contributed by atoms with Gasteiger partial charge in [0.05, 0.1) is 0 Å². The van der Waals surface area contributed by atoms with Gasteiger partial charge in [-0.05, 0) is 56.3 Å². The molecule has 1 aromatic rings. The van der Waals surface area contributed by atoms with Crippen LogP contribution in [0.1, 0.15) is 37.7 Å². The number of carbonyl (C=O) groups excluding carboxylic acids is 1. The number of hydrogen-bond acceptors (Lipinski definition) is 3. The van der Waals surface area contributed by atoms with Crippen LogP contribution in [-0.2, 0) is 4.79 Å². The Bertz CT molecular complexity index is 638. The molecule has 1 atom stereocenters. The lowest BCUT2D eigenvalue weighted by atomic mass is 9.77. The average molecular weight is 426 g/mol. The van der Waals surface area contributed by atoms with Crippen molar-refractivity contribution in [2.75, 3.05) is 39.3 Å². The lowest BCUT2D eigenvalue weighted by Gasteiger charge is -2.43. The Hall–Kier alpha value is -1.07. The van der Waals surface area contributed by atoms with Crippen molar-refractivity contribution in [1.29, 1.82) is 0 Å². The first-order chi connectivity index (χ1) is 12.7. The van der Waals surface area contributed by atoms with E-state index in [0.717, 1.165) is 39.1 Å². The molecule has 156 valence electrons. The molecule has 3 aliphatic heterocycles. The van der Waals surface area contributed by atoms with E-state index in [9.17, 15) is 4.79 Å². The van der Waals surface area contributed by atoms with E-state index in [0.29, 0.717) is 11.9 Å². The van der Waals surface area contributed by atoms with Crippen LogP contribution in [0.2, 0.25) is 0 Å². The van der Waals surface area contributed by atoms with Crippen LogP contribution in [0, 0.1) is 5.41 Å². The third kappa shape index (κ3) is 5.50. The van der Waals surface area contributed by atoms with Crippen molar-refractivity contribution < 1.29 is 4.79 Å². The molecule has 0 saturated carbocycles. The van der Waals surface area contributed by atoms with Crippen molar-refractivity contribution in [2.45, 2.75) is 38.1 Å². The van der Waals surface area contributed by atoms with E-state index in [-0.39, 0.29) is 30.2 Å². The molecule has 0 aliphatic carbocycles. The molecule has 1 N–H and O–H groups in total. The molecule has 3 heterocycles. The minimum atomic E-state index is 0. The summed E-state index contributed by atoms with van der Waals surface area (Å²) in [6.07, 6.45) is 9.99. The number of likely N-dealkylation sites (tertiary alicyclic amines) is 2. The lowest BCUT2D eigenvalue weighted by molar-refractivity contribution is -0.127. The lowest BCUT2D eigenvalue weighted by Crippen LogP contribution is -2.51. The number of nitrogens with zero attached hydrogens (tertiary/aromatic N) is 2. The highest BCUT2D eigenvalue weighted by atomic mass is 35.5. The summed E-state index contributed by atoms with van der Waals surface area (Å²) in [6, 6.07) is 11.0. The minimum Gasteiger partial charge on any atom is -0.338 e. The first kappa shape index (κ1) is 23.2. The van der Waals surface area contributed by atoms with Crippen LogP contribution in [0.3, 0.4) is 0 Å². The zero-order valence-electron chi connectivity index (χ0n) is 16.5. The highest BCUT2D eigenvalue weighted by Crippen LogP contribution is 2.41. The molecule has 0 bridgehead atoms. The predicted molar refractivity (Wildman–Crippen MR) is 120 cm³/mol. The molecule has 0 aromatic heterocycles. The number of piperidine rings is 2. The topological polar surface area (TPSA) is 35.6 Å². The number of rotatable bonds is 4. The Morgan fingerprint density at radius 1 is 1.14 bits per heavy atom. The number of carbonyl (C=O) groups is 1. The summed E-state index contributed by atoms with van der Waals surface area (Å²) >= 11 is 0. The van der Waals surface area contributed by atoms with Crippen molar-refractivity contribution in [1.82, 2.24) is 15.1 Å². The van der Waals surface area contributed by atoms with Crippen LogP contribution in [0.25, 0.3) is 6.08 Å². The van der Waals surface area contributed by atoms with Gasteiger partial charge in [0.2, 0.25) is 5.91 Å². The molecule has 1 spiro atoms. The van der Waals surface area contributed by atoms with Gasteiger partial charge in [-0.3, -0.25) is 9.69 Å². The molecule has 1 unspecified atom stereocenters. The van der Waals surface area contributed by atoms with Crippen molar-refractivity contribution in [3.8, 4) is 0 Å². The zero-order valence-corrected chi connectivity index (χ0v) is 18.1. The average Bonchev–Trinajstić information content (AvgIpc) is 2.99. The highest BCUT2D eigenvalue weighted by Gasteiger charge is 2.45. The van der Waals surface area contributed by atoms with Gasteiger partial charge in [-0.25, -0.2) is 0 Å². The van der Waals surface area contributed by atoms with Gasteiger partial charge in [0.25, 0.3) is 0 Å². The molecular weight excluding hydrogens is 393 g/mol. The van der Waals surface area contributed by atoms with Gasteiger partial charge in [-0.15, -0.1) is 24.8 Å². The summed E-state index contributed by atoms with van der Waals surface area (Å²) in [6.45, 7) is 6.32. The fourth-order valence-corrected chi connectivity index (χ4v) is 4.87. The second-order valence-corrected chi connectivity index (χ2v) is 8.30. The largest absolute Gasteiger partial charge is 0.338 e. The molecule has 1 amide bonds. The molecular formula is C22H33Cl2N3O. The smallest absolute Gasteiger partial charge is 0.223 e. The van der Waals surface area contributed by atoms with E-state index in [2.05, 4.69) is 39.4 Å². The maximum Gasteiger partial charge on any atom is 0.223 e. The summed E-state index contributed by atoms with van der Waals surface area (Å²) < 4.78 is 0. The van der Waals surface area contributed by atoms with Crippen LogP contribution in [0.15, 0.2) is 36.4 Å². The van der Waals surface area contributed by atoms with E-state index < -0.39 is 0 Å². The Balaban J connectivity index is 0.00000140. The number of amides is 1. The molecule has 3 fully saturated rings. The first-order valence-electron chi connectivity index (χ1n) is 10.2. The molecule has 6 heteroatoms. The Morgan fingerprint density at radius 3 is 2.57 bits per heavy atom. The summed E-state index contributed by atoms with van der Waals surface area (Å²) in [7, 11) is 0. The maximum atomic E-state index is 12.5. The van der Waals surface area contributed by atoms with Crippen LogP contribution >= 0.6 is 24.8 Å². The van der Waals surface area contributed by atoms with E-state index in [1.807, 2.05) is 18.2 Å². The summed E-state index contributed by atoms with van der Waals surface area (Å²) in [4.78, 5) is 17.3. The SMILES string of the molecule is Cl.Cl.O=C1CC2(CCN(C3CCCNC3)CC2)CN1CC=Cc1ccccc1. The summed E-state index contributed by atoms with van der Waals surface area (Å²) in [5.74, 6) is 0.343. The molecule has 3 saturated heterocycles. The van der Waals surface area contributed by atoms with Crippen molar-refractivity contribution in [2.24, 2.45) is 5.41 Å². The Morgan fingerprint density at radius 2 is 1.89 bits per heavy atom. The maximum absolute atomic E-state index is 12.5. The van der Waals surface area contributed by atoms with Crippen molar-refractivity contribution in [3.63, 3.8) is 0 Å². The number of benzene rings is 1. The number of halogens is 2. The quantitative estimate of drug-likeness (QED) is 0.799.